The largest absolute Gasteiger partial charge is 0.392 e. The number of hydrogen-bond acceptors (Lipinski definition) is 2. The van der Waals surface area contributed by atoms with Crippen molar-refractivity contribution in [3.8, 4) is 0 Å². The molecule has 23 heavy (non-hydrogen) atoms. The van der Waals surface area contributed by atoms with Crippen molar-refractivity contribution in [1.82, 2.24) is 5.32 Å². The topological polar surface area (TPSA) is 32.3 Å². The zero-order valence-corrected chi connectivity index (χ0v) is 16.3. The minimum Gasteiger partial charge on any atom is -0.392 e. The van der Waals surface area contributed by atoms with Crippen LogP contribution in [0, 0.1) is 0 Å². The van der Waals surface area contributed by atoms with Crippen LogP contribution in [0.5, 0.6) is 0 Å². The molecular weight excluding hydrogens is 282 g/mol. The Labute approximate surface area is 146 Å². The fourth-order valence-corrected chi connectivity index (χ4v) is 3.12. The second-order valence-corrected chi connectivity index (χ2v) is 7.24. The smallest absolute Gasteiger partial charge is 0.0664 e. The SMILES string of the molecule is CCCCCCCCCCCCCCCCC(O)CNCCC. The van der Waals surface area contributed by atoms with Gasteiger partial charge in [-0.1, -0.05) is 104 Å². The highest BCUT2D eigenvalue weighted by atomic mass is 16.3. The van der Waals surface area contributed by atoms with E-state index >= 15 is 0 Å². The van der Waals surface area contributed by atoms with E-state index in [0.29, 0.717) is 0 Å². The molecule has 0 heterocycles. The van der Waals surface area contributed by atoms with Gasteiger partial charge in [0.25, 0.3) is 0 Å². The summed E-state index contributed by atoms with van der Waals surface area (Å²) in [7, 11) is 0. The standard InChI is InChI=1S/C21H45NO/c1-3-5-6-7-8-9-10-11-12-13-14-15-16-17-18-21(23)20-22-19-4-2/h21-23H,3-20H2,1-2H3. The molecule has 0 aromatic rings. The molecule has 0 rings (SSSR count). The Morgan fingerprint density at radius 2 is 1.04 bits per heavy atom. The molecule has 2 N–H and O–H groups in total. The lowest BCUT2D eigenvalue weighted by atomic mass is 10.0. The van der Waals surface area contributed by atoms with E-state index in [9.17, 15) is 5.11 Å². The van der Waals surface area contributed by atoms with Crippen LogP contribution in [0.3, 0.4) is 0 Å². The molecule has 0 amide bonds. The summed E-state index contributed by atoms with van der Waals surface area (Å²) in [6.45, 7) is 6.24. The Balaban J connectivity index is 3.05. The monoisotopic (exact) mass is 327 g/mol. The lowest BCUT2D eigenvalue weighted by molar-refractivity contribution is 0.158. The molecule has 0 fully saturated rings. The van der Waals surface area contributed by atoms with Crippen molar-refractivity contribution in [2.45, 2.75) is 123 Å². The molecule has 0 bridgehead atoms. The molecule has 0 saturated heterocycles. The van der Waals surface area contributed by atoms with E-state index in [4.69, 9.17) is 0 Å². The molecule has 1 unspecified atom stereocenters. The Hall–Kier alpha value is -0.0800. The number of rotatable bonds is 19. The molecule has 0 aromatic carbocycles. The van der Waals surface area contributed by atoms with Gasteiger partial charge in [-0.3, -0.25) is 0 Å². The summed E-state index contributed by atoms with van der Waals surface area (Å²) in [6.07, 6.45) is 21.5. The summed E-state index contributed by atoms with van der Waals surface area (Å²) < 4.78 is 0. The van der Waals surface area contributed by atoms with Gasteiger partial charge in [-0.2, -0.15) is 0 Å². The van der Waals surface area contributed by atoms with Crippen LogP contribution in [0.15, 0.2) is 0 Å². The van der Waals surface area contributed by atoms with Gasteiger partial charge in [0.1, 0.15) is 0 Å². The summed E-state index contributed by atoms with van der Waals surface area (Å²) >= 11 is 0. The Morgan fingerprint density at radius 1 is 0.609 bits per heavy atom. The van der Waals surface area contributed by atoms with Gasteiger partial charge in [0, 0.05) is 6.54 Å². The summed E-state index contributed by atoms with van der Waals surface area (Å²) in [5, 5.41) is 13.1. The molecule has 2 heteroatoms. The van der Waals surface area contributed by atoms with E-state index in [1.54, 1.807) is 0 Å². The molecule has 0 spiro atoms. The third-order valence-corrected chi connectivity index (χ3v) is 4.70. The van der Waals surface area contributed by atoms with E-state index in [-0.39, 0.29) is 6.10 Å². The van der Waals surface area contributed by atoms with Crippen molar-refractivity contribution in [3.63, 3.8) is 0 Å². The van der Waals surface area contributed by atoms with Crippen LogP contribution in [0.4, 0.5) is 0 Å². The number of hydrogen-bond donors (Lipinski definition) is 2. The predicted octanol–water partition coefficient (Wildman–Crippen LogP) is 6.22. The minimum atomic E-state index is -0.140. The van der Waals surface area contributed by atoms with Gasteiger partial charge in [-0.25, -0.2) is 0 Å². The van der Waals surface area contributed by atoms with E-state index < -0.39 is 0 Å². The van der Waals surface area contributed by atoms with Crippen molar-refractivity contribution >= 4 is 0 Å². The van der Waals surface area contributed by atoms with Crippen molar-refractivity contribution in [3.05, 3.63) is 0 Å². The van der Waals surface area contributed by atoms with E-state index in [1.807, 2.05) is 0 Å². The Kier molecular flexibility index (Phi) is 19.9. The average Bonchev–Trinajstić information content (AvgIpc) is 2.55. The number of aliphatic hydroxyl groups excluding tert-OH is 1. The van der Waals surface area contributed by atoms with Crippen molar-refractivity contribution in [1.29, 1.82) is 0 Å². The maximum absolute atomic E-state index is 9.80. The van der Waals surface area contributed by atoms with Crippen molar-refractivity contribution < 1.29 is 5.11 Å². The Morgan fingerprint density at radius 3 is 1.48 bits per heavy atom. The predicted molar refractivity (Wildman–Crippen MR) is 104 cm³/mol. The summed E-state index contributed by atoms with van der Waals surface area (Å²) in [4.78, 5) is 0. The number of aliphatic hydroxyl groups is 1. The van der Waals surface area contributed by atoms with Crippen LogP contribution >= 0.6 is 0 Å². The highest BCUT2D eigenvalue weighted by Gasteiger charge is 2.02. The Bertz CT molecular complexity index is 208. The van der Waals surface area contributed by atoms with Crippen LogP contribution in [0.25, 0.3) is 0 Å². The van der Waals surface area contributed by atoms with Gasteiger partial charge in [0.15, 0.2) is 0 Å². The minimum absolute atomic E-state index is 0.140. The molecule has 0 radical (unpaired) electrons. The molecule has 1 atom stereocenters. The first kappa shape index (κ1) is 22.9. The molecule has 0 aliphatic rings. The van der Waals surface area contributed by atoms with E-state index in [1.165, 1.54) is 89.9 Å². The van der Waals surface area contributed by atoms with Gasteiger partial charge >= 0.3 is 0 Å². The lowest BCUT2D eigenvalue weighted by Gasteiger charge is -2.11. The van der Waals surface area contributed by atoms with Crippen LogP contribution in [0.1, 0.15) is 117 Å². The zero-order chi connectivity index (χ0) is 17.0. The molecule has 0 aliphatic carbocycles. The van der Waals surface area contributed by atoms with Crippen molar-refractivity contribution in [2.75, 3.05) is 13.1 Å². The van der Waals surface area contributed by atoms with Crippen LogP contribution < -0.4 is 5.32 Å². The lowest BCUT2D eigenvalue weighted by Crippen LogP contribution is -2.27. The first-order valence-electron chi connectivity index (χ1n) is 10.7. The number of nitrogens with one attached hydrogen (secondary N) is 1. The van der Waals surface area contributed by atoms with Crippen LogP contribution in [-0.4, -0.2) is 24.3 Å². The first-order valence-corrected chi connectivity index (χ1v) is 10.7. The van der Waals surface area contributed by atoms with Gasteiger partial charge in [0.05, 0.1) is 6.10 Å². The molecule has 0 aromatic heterocycles. The second kappa shape index (κ2) is 20.0. The van der Waals surface area contributed by atoms with Gasteiger partial charge < -0.3 is 10.4 Å². The van der Waals surface area contributed by atoms with Crippen molar-refractivity contribution in [2.24, 2.45) is 0 Å². The maximum Gasteiger partial charge on any atom is 0.0664 e. The summed E-state index contributed by atoms with van der Waals surface area (Å²) in [5.41, 5.74) is 0. The normalized spacial score (nSPS) is 12.7. The van der Waals surface area contributed by atoms with Crippen LogP contribution in [-0.2, 0) is 0 Å². The van der Waals surface area contributed by atoms with E-state index in [0.717, 1.165) is 25.9 Å². The van der Waals surface area contributed by atoms with Crippen LogP contribution in [0.2, 0.25) is 0 Å². The van der Waals surface area contributed by atoms with E-state index in [2.05, 4.69) is 19.2 Å². The number of unbranched alkanes of at least 4 members (excludes halogenated alkanes) is 13. The fraction of sp³-hybridized carbons (Fsp3) is 1.00. The quantitative estimate of drug-likeness (QED) is 0.276. The summed E-state index contributed by atoms with van der Waals surface area (Å²) in [5.74, 6) is 0. The average molecular weight is 328 g/mol. The van der Waals surface area contributed by atoms with Gasteiger partial charge in [-0.05, 0) is 19.4 Å². The molecule has 0 saturated carbocycles. The maximum atomic E-state index is 9.80. The van der Waals surface area contributed by atoms with Gasteiger partial charge in [0.2, 0.25) is 0 Å². The molecule has 140 valence electrons. The highest BCUT2D eigenvalue weighted by Crippen LogP contribution is 2.13. The second-order valence-electron chi connectivity index (χ2n) is 7.24. The van der Waals surface area contributed by atoms with Gasteiger partial charge in [-0.15, -0.1) is 0 Å². The molecule has 0 aliphatic heterocycles. The first-order chi connectivity index (χ1) is 11.3. The molecule has 2 nitrogen and oxygen atoms in total. The summed E-state index contributed by atoms with van der Waals surface area (Å²) in [6, 6.07) is 0. The third-order valence-electron chi connectivity index (χ3n) is 4.70. The highest BCUT2D eigenvalue weighted by molar-refractivity contribution is 4.59. The third kappa shape index (κ3) is 19.9. The fourth-order valence-electron chi connectivity index (χ4n) is 3.12. The zero-order valence-electron chi connectivity index (χ0n) is 16.3. The molecular formula is C21H45NO.